The van der Waals surface area contributed by atoms with E-state index in [0.29, 0.717) is 0 Å². The van der Waals surface area contributed by atoms with Crippen molar-refractivity contribution >= 4 is 6.16 Å². The summed E-state index contributed by atoms with van der Waals surface area (Å²) in [5.74, 6) is 2.60. The van der Waals surface area contributed by atoms with Crippen LogP contribution in [0.15, 0.2) is 0 Å². The zero-order chi connectivity index (χ0) is 9.82. The maximum Gasteiger partial charge on any atom is 0.505 e. The van der Waals surface area contributed by atoms with Gasteiger partial charge in [0.25, 0.3) is 0 Å². The molecule has 0 heterocycles. The molecule has 3 nitrogen and oxygen atoms in total. The van der Waals surface area contributed by atoms with Crippen molar-refractivity contribution in [1.29, 1.82) is 0 Å². The van der Waals surface area contributed by atoms with Gasteiger partial charge >= 0.3 is 6.16 Å². The number of rotatable bonds is 3. The first-order valence-corrected chi connectivity index (χ1v) is 3.89. The van der Waals surface area contributed by atoms with E-state index in [1.54, 1.807) is 0 Å². The average molecular weight is 172 g/mol. The van der Waals surface area contributed by atoms with Gasteiger partial charge in [-0.05, 0) is 6.42 Å². The first-order chi connectivity index (χ1) is 5.68. The molecule has 70 valence electrons. The van der Waals surface area contributed by atoms with Crippen molar-refractivity contribution in [3.8, 4) is 12.3 Å². The summed E-state index contributed by atoms with van der Waals surface area (Å²) in [6.45, 7) is 2.18. The van der Waals surface area contributed by atoms with Gasteiger partial charge in [-0.25, -0.2) is 4.79 Å². The van der Waals surface area contributed by atoms with Crippen molar-refractivity contribution in [1.82, 2.24) is 0 Å². The molecular formula is C9H16O3. The summed E-state index contributed by atoms with van der Waals surface area (Å²) in [6.07, 6.45) is 8.48. The van der Waals surface area contributed by atoms with Crippen LogP contribution in [0, 0.1) is 12.3 Å². The highest BCUT2D eigenvalue weighted by molar-refractivity contribution is 5.56. The molecule has 0 fully saturated rings. The van der Waals surface area contributed by atoms with Crippen molar-refractivity contribution in [2.75, 3.05) is 7.11 Å². The van der Waals surface area contributed by atoms with Crippen LogP contribution in [0.5, 0.6) is 0 Å². The molecule has 0 aliphatic heterocycles. The molecule has 0 atom stereocenters. The molecule has 0 bridgehead atoms. The molecule has 0 aromatic rings. The summed E-state index contributed by atoms with van der Waals surface area (Å²) in [5.41, 5.74) is 0. The standard InChI is InChI=1S/C7H12.C2H4O3/c1-3-5-7-6-4-2;1-5-2(3)4/h1H,4-7H2,2H3;1H3,(H,3,4). The number of carbonyl (C=O) groups is 1. The van der Waals surface area contributed by atoms with E-state index in [4.69, 9.17) is 16.3 Å². The highest BCUT2D eigenvalue weighted by Gasteiger charge is 1.80. The fraction of sp³-hybridized carbons (Fsp3) is 0.667. The van der Waals surface area contributed by atoms with E-state index in [2.05, 4.69) is 17.6 Å². The quantitative estimate of drug-likeness (QED) is 0.404. The smallest absolute Gasteiger partial charge is 0.450 e. The van der Waals surface area contributed by atoms with Gasteiger partial charge in [0.15, 0.2) is 0 Å². The Hall–Kier alpha value is -1.17. The molecule has 0 rings (SSSR count). The van der Waals surface area contributed by atoms with Crippen LogP contribution in [0.2, 0.25) is 0 Å². The van der Waals surface area contributed by atoms with Gasteiger partial charge in [-0.3, -0.25) is 0 Å². The van der Waals surface area contributed by atoms with Crippen LogP contribution in [0.3, 0.4) is 0 Å². The van der Waals surface area contributed by atoms with E-state index in [-0.39, 0.29) is 0 Å². The first kappa shape index (κ1) is 13.4. The summed E-state index contributed by atoms with van der Waals surface area (Å²) < 4.78 is 3.67. The van der Waals surface area contributed by atoms with Crippen LogP contribution < -0.4 is 0 Å². The van der Waals surface area contributed by atoms with Crippen molar-refractivity contribution in [2.45, 2.75) is 32.6 Å². The van der Waals surface area contributed by atoms with Gasteiger partial charge in [0.05, 0.1) is 7.11 Å². The van der Waals surface area contributed by atoms with Gasteiger partial charge in [0.1, 0.15) is 0 Å². The minimum Gasteiger partial charge on any atom is -0.450 e. The Morgan fingerprint density at radius 1 is 1.58 bits per heavy atom. The summed E-state index contributed by atoms with van der Waals surface area (Å²) >= 11 is 0. The number of terminal acetylenes is 1. The molecule has 0 saturated carbocycles. The van der Waals surface area contributed by atoms with Gasteiger partial charge in [0.2, 0.25) is 0 Å². The minimum atomic E-state index is -1.25. The fourth-order valence-corrected chi connectivity index (χ4v) is 0.477. The molecule has 0 saturated heterocycles. The van der Waals surface area contributed by atoms with Gasteiger partial charge < -0.3 is 9.84 Å². The number of hydrogen-bond donors (Lipinski definition) is 1. The van der Waals surface area contributed by atoms with Crippen LogP contribution in [-0.2, 0) is 4.74 Å². The van der Waals surface area contributed by atoms with Crippen molar-refractivity contribution in [2.24, 2.45) is 0 Å². The van der Waals surface area contributed by atoms with Crippen LogP contribution >= 0.6 is 0 Å². The molecule has 0 aromatic carbocycles. The maximum absolute atomic E-state index is 9.15. The monoisotopic (exact) mass is 172 g/mol. The summed E-state index contributed by atoms with van der Waals surface area (Å²) in [7, 11) is 1.10. The Balaban J connectivity index is 0. The predicted octanol–water partition coefficient (Wildman–Crippen LogP) is 2.51. The number of methoxy groups -OCH3 is 1. The summed E-state index contributed by atoms with van der Waals surface area (Å²) in [4.78, 5) is 9.15. The highest BCUT2D eigenvalue weighted by atomic mass is 16.6. The van der Waals surface area contributed by atoms with E-state index in [9.17, 15) is 0 Å². The molecule has 1 N–H and O–H groups in total. The van der Waals surface area contributed by atoms with Crippen LogP contribution in [0.25, 0.3) is 0 Å². The number of ether oxygens (including phenoxy) is 1. The Bertz CT molecular complexity index is 135. The van der Waals surface area contributed by atoms with Crippen molar-refractivity contribution in [3.63, 3.8) is 0 Å². The maximum atomic E-state index is 9.15. The Kier molecular flexibility index (Phi) is 14.0. The topological polar surface area (TPSA) is 46.5 Å². The third-order valence-corrected chi connectivity index (χ3v) is 1.10. The van der Waals surface area contributed by atoms with Crippen LogP contribution in [0.4, 0.5) is 4.79 Å². The molecule has 3 heteroatoms. The lowest BCUT2D eigenvalue weighted by Gasteiger charge is -1.86. The molecule has 0 aromatic heterocycles. The van der Waals surface area contributed by atoms with E-state index in [0.717, 1.165) is 13.5 Å². The van der Waals surface area contributed by atoms with Gasteiger partial charge in [0, 0.05) is 6.42 Å². The molecular weight excluding hydrogens is 156 g/mol. The second-order valence-electron chi connectivity index (χ2n) is 2.13. The zero-order valence-corrected chi connectivity index (χ0v) is 7.67. The third kappa shape index (κ3) is 23.2. The lowest BCUT2D eigenvalue weighted by molar-refractivity contribution is 0.114. The fourth-order valence-electron chi connectivity index (χ4n) is 0.477. The molecule has 0 unspecified atom stereocenters. The van der Waals surface area contributed by atoms with Gasteiger partial charge in [-0.1, -0.05) is 19.8 Å². The van der Waals surface area contributed by atoms with E-state index in [1.807, 2.05) is 0 Å². The zero-order valence-electron chi connectivity index (χ0n) is 7.67. The second kappa shape index (κ2) is 12.5. The normalized spacial score (nSPS) is 7.42. The molecule has 0 spiro atoms. The summed E-state index contributed by atoms with van der Waals surface area (Å²) in [6, 6.07) is 0. The number of unbranched alkanes of at least 4 members (excludes halogenated alkanes) is 3. The second-order valence-corrected chi connectivity index (χ2v) is 2.13. The third-order valence-electron chi connectivity index (χ3n) is 1.10. The first-order valence-electron chi connectivity index (χ1n) is 3.89. The molecule has 0 amide bonds. The largest absolute Gasteiger partial charge is 0.505 e. The number of hydrogen-bond acceptors (Lipinski definition) is 2. The average Bonchev–Trinajstić information content (AvgIpc) is 2.07. The van der Waals surface area contributed by atoms with E-state index >= 15 is 0 Å². The Morgan fingerprint density at radius 3 is 2.33 bits per heavy atom. The minimum absolute atomic E-state index is 0.952. The van der Waals surface area contributed by atoms with Gasteiger partial charge in [-0.2, -0.15) is 0 Å². The Morgan fingerprint density at radius 2 is 2.08 bits per heavy atom. The van der Waals surface area contributed by atoms with E-state index < -0.39 is 6.16 Å². The predicted molar refractivity (Wildman–Crippen MR) is 48.0 cm³/mol. The number of carboxylic acid groups (broad SMARTS) is 1. The van der Waals surface area contributed by atoms with Crippen molar-refractivity contribution in [3.05, 3.63) is 0 Å². The molecule has 0 radical (unpaired) electrons. The molecule has 0 aliphatic carbocycles. The molecule has 0 aliphatic rings. The van der Waals surface area contributed by atoms with Crippen LogP contribution in [0.1, 0.15) is 32.6 Å². The lowest BCUT2D eigenvalue weighted by atomic mass is 10.2. The lowest BCUT2D eigenvalue weighted by Crippen LogP contribution is -1.91. The van der Waals surface area contributed by atoms with Crippen molar-refractivity contribution < 1.29 is 14.6 Å². The van der Waals surface area contributed by atoms with Crippen LogP contribution in [-0.4, -0.2) is 18.4 Å². The summed E-state index contributed by atoms with van der Waals surface area (Å²) in [5, 5.41) is 7.50. The SMILES string of the molecule is C#CCCCCC.COC(=O)O. The highest BCUT2D eigenvalue weighted by Crippen LogP contribution is 1.95. The van der Waals surface area contributed by atoms with E-state index in [1.165, 1.54) is 19.3 Å². The van der Waals surface area contributed by atoms with Gasteiger partial charge in [-0.15, -0.1) is 12.3 Å². The molecule has 12 heavy (non-hydrogen) atoms. The Labute approximate surface area is 73.7 Å².